The van der Waals surface area contributed by atoms with Crippen LogP contribution in [0.2, 0.25) is 0 Å². The zero-order valence-corrected chi connectivity index (χ0v) is 11.0. The first kappa shape index (κ1) is 16.5. The normalized spacial score (nSPS) is 11.3. The van der Waals surface area contributed by atoms with Crippen LogP contribution in [-0.2, 0) is 6.54 Å². The first-order valence-electron chi connectivity index (χ1n) is 5.95. The van der Waals surface area contributed by atoms with Crippen LogP contribution in [0, 0.1) is 17.7 Å². The Morgan fingerprint density at radius 1 is 1.30 bits per heavy atom. The van der Waals surface area contributed by atoms with Crippen molar-refractivity contribution in [3.8, 4) is 11.8 Å². The summed E-state index contributed by atoms with van der Waals surface area (Å²) in [6.07, 6.45) is -5.14. The van der Waals surface area contributed by atoms with Crippen molar-refractivity contribution in [1.29, 1.82) is 0 Å². The highest BCUT2D eigenvalue weighted by atomic mass is 19.4. The molecule has 0 bridgehead atoms. The van der Waals surface area contributed by atoms with E-state index in [1.807, 2.05) is 0 Å². The fourth-order valence-corrected chi connectivity index (χ4v) is 1.58. The van der Waals surface area contributed by atoms with Gasteiger partial charge in [0.1, 0.15) is 12.4 Å². The average molecular weight is 289 g/mol. The van der Waals surface area contributed by atoms with E-state index < -0.39 is 18.4 Å². The van der Waals surface area contributed by atoms with Crippen LogP contribution in [0.4, 0.5) is 17.6 Å². The molecule has 0 aromatic heterocycles. The number of alkyl halides is 3. The fourth-order valence-electron chi connectivity index (χ4n) is 1.58. The van der Waals surface area contributed by atoms with Crippen molar-refractivity contribution in [2.24, 2.45) is 0 Å². The van der Waals surface area contributed by atoms with Crippen molar-refractivity contribution in [3.63, 3.8) is 0 Å². The summed E-state index contributed by atoms with van der Waals surface area (Å²) in [6, 6.07) is 4.26. The maximum atomic E-state index is 13.7. The molecule has 1 aromatic rings. The van der Waals surface area contributed by atoms with Crippen molar-refractivity contribution in [1.82, 2.24) is 4.90 Å². The maximum absolute atomic E-state index is 13.7. The van der Waals surface area contributed by atoms with Crippen LogP contribution in [0.5, 0.6) is 0 Å². The molecule has 0 saturated heterocycles. The summed E-state index contributed by atoms with van der Waals surface area (Å²) >= 11 is 0. The van der Waals surface area contributed by atoms with Gasteiger partial charge in [-0.25, -0.2) is 4.39 Å². The molecule has 1 aromatic carbocycles. The largest absolute Gasteiger partial charge is 0.390 e. The van der Waals surface area contributed by atoms with Crippen molar-refractivity contribution >= 4 is 0 Å². The van der Waals surface area contributed by atoms with Gasteiger partial charge in [0.25, 0.3) is 0 Å². The van der Waals surface area contributed by atoms with Gasteiger partial charge in [-0.1, -0.05) is 17.9 Å². The highest BCUT2D eigenvalue weighted by Crippen LogP contribution is 2.20. The van der Waals surface area contributed by atoms with Gasteiger partial charge in [0.05, 0.1) is 6.42 Å². The highest BCUT2D eigenvalue weighted by Gasteiger charge is 2.27. The zero-order chi connectivity index (χ0) is 15.2. The molecule has 0 spiro atoms. The third-order valence-corrected chi connectivity index (χ3v) is 2.58. The van der Waals surface area contributed by atoms with Crippen LogP contribution >= 0.6 is 0 Å². The van der Waals surface area contributed by atoms with Crippen LogP contribution in [0.25, 0.3) is 0 Å². The number of aliphatic hydroxyl groups excluding tert-OH is 1. The van der Waals surface area contributed by atoms with E-state index in [0.717, 1.165) is 0 Å². The molecule has 0 saturated carbocycles. The molecule has 20 heavy (non-hydrogen) atoms. The third-order valence-electron chi connectivity index (χ3n) is 2.58. The Hall–Kier alpha value is -1.58. The smallest absolute Gasteiger partial charge is 0.384 e. The van der Waals surface area contributed by atoms with Crippen LogP contribution in [-0.4, -0.2) is 36.4 Å². The van der Waals surface area contributed by atoms with Crippen molar-refractivity contribution < 1.29 is 22.7 Å². The Kier molecular flexibility index (Phi) is 5.99. The molecule has 110 valence electrons. The van der Waals surface area contributed by atoms with E-state index in [2.05, 4.69) is 11.8 Å². The Bertz CT molecular complexity index is 502. The molecule has 0 atom stereocenters. The molecular weight excluding hydrogens is 274 g/mol. The lowest BCUT2D eigenvalue weighted by Crippen LogP contribution is -2.24. The van der Waals surface area contributed by atoms with E-state index in [4.69, 9.17) is 5.11 Å². The van der Waals surface area contributed by atoms with Crippen molar-refractivity contribution in [2.45, 2.75) is 19.1 Å². The number of rotatable bonds is 4. The van der Waals surface area contributed by atoms with Gasteiger partial charge in [0, 0.05) is 24.2 Å². The molecule has 1 N–H and O–H groups in total. The fraction of sp³-hybridized carbons (Fsp3) is 0.429. The van der Waals surface area contributed by atoms with E-state index in [-0.39, 0.29) is 19.7 Å². The van der Waals surface area contributed by atoms with Crippen molar-refractivity contribution in [3.05, 3.63) is 35.1 Å². The topological polar surface area (TPSA) is 23.5 Å². The summed E-state index contributed by atoms with van der Waals surface area (Å²) in [5.74, 6) is 4.43. The summed E-state index contributed by atoms with van der Waals surface area (Å²) in [5, 5.41) is 8.53. The molecule has 6 heteroatoms. The van der Waals surface area contributed by atoms with Gasteiger partial charge in [-0.3, -0.25) is 0 Å². The molecule has 0 aliphatic carbocycles. The number of aliphatic hydroxyl groups is 1. The predicted molar refractivity (Wildman–Crippen MR) is 67.4 cm³/mol. The van der Waals surface area contributed by atoms with Crippen molar-refractivity contribution in [2.75, 3.05) is 20.2 Å². The Balaban J connectivity index is 2.64. The van der Waals surface area contributed by atoms with Gasteiger partial charge < -0.3 is 10.0 Å². The monoisotopic (exact) mass is 289 g/mol. The van der Waals surface area contributed by atoms with Gasteiger partial charge in [-0.05, 0) is 19.2 Å². The minimum atomic E-state index is -4.21. The van der Waals surface area contributed by atoms with Crippen LogP contribution in [0.15, 0.2) is 18.2 Å². The van der Waals surface area contributed by atoms with Gasteiger partial charge in [0.2, 0.25) is 0 Å². The first-order chi connectivity index (χ1) is 9.31. The quantitative estimate of drug-likeness (QED) is 0.680. The maximum Gasteiger partial charge on any atom is 0.390 e. The van der Waals surface area contributed by atoms with E-state index in [0.29, 0.717) is 11.1 Å². The molecule has 0 unspecified atom stereocenters. The van der Waals surface area contributed by atoms with Crippen LogP contribution < -0.4 is 0 Å². The molecule has 0 radical (unpaired) electrons. The van der Waals surface area contributed by atoms with Gasteiger partial charge in [-0.2, -0.15) is 13.2 Å². The van der Waals surface area contributed by atoms with E-state index in [9.17, 15) is 17.6 Å². The number of halogens is 4. The molecule has 0 amide bonds. The molecular formula is C14H15F4NO. The second kappa shape index (κ2) is 7.27. The summed E-state index contributed by atoms with van der Waals surface area (Å²) in [7, 11) is 1.50. The molecule has 0 aliphatic heterocycles. The lowest BCUT2D eigenvalue weighted by Gasteiger charge is -2.18. The van der Waals surface area contributed by atoms with Gasteiger partial charge in [-0.15, -0.1) is 0 Å². The number of hydrogen-bond acceptors (Lipinski definition) is 2. The van der Waals surface area contributed by atoms with E-state index in [1.54, 1.807) is 6.07 Å². The summed E-state index contributed by atoms with van der Waals surface area (Å²) < 4.78 is 49.9. The molecule has 0 fully saturated rings. The number of benzene rings is 1. The Labute approximate surface area is 115 Å². The number of nitrogens with zero attached hydrogens (tertiary/aromatic N) is 1. The van der Waals surface area contributed by atoms with Gasteiger partial charge in [0.15, 0.2) is 0 Å². The Morgan fingerprint density at radius 3 is 2.55 bits per heavy atom. The zero-order valence-electron chi connectivity index (χ0n) is 11.0. The first-order valence-corrected chi connectivity index (χ1v) is 5.95. The van der Waals surface area contributed by atoms with Crippen LogP contribution in [0.3, 0.4) is 0 Å². The van der Waals surface area contributed by atoms with E-state index in [1.165, 1.54) is 24.1 Å². The molecule has 1 rings (SSSR count). The summed E-state index contributed by atoms with van der Waals surface area (Å²) in [5.41, 5.74) is 0.725. The Morgan fingerprint density at radius 2 is 2.00 bits per heavy atom. The standard InChI is InChI=1S/C14H15F4NO/c1-19(7-6-14(16,17)18)10-12-5-4-11(3-2-8-20)9-13(12)15/h4-5,9,20H,6-8,10H2,1H3. The molecule has 2 nitrogen and oxygen atoms in total. The average Bonchev–Trinajstić information content (AvgIpc) is 2.36. The number of hydrogen-bond donors (Lipinski definition) is 1. The van der Waals surface area contributed by atoms with Gasteiger partial charge >= 0.3 is 6.18 Å². The summed E-state index contributed by atoms with van der Waals surface area (Å²) in [4.78, 5) is 1.41. The SMILES string of the molecule is CN(CCC(F)(F)F)Cc1ccc(C#CCO)cc1F. The predicted octanol–water partition coefficient (Wildman–Crippen LogP) is 2.55. The minimum Gasteiger partial charge on any atom is -0.384 e. The lowest BCUT2D eigenvalue weighted by atomic mass is 10.1. The third kappa shape index (κ3) is 6.04. The second-order valence-electron chi connectivity index (χ2n) is 4.37. The molecule has 0 heterocycles. The minimum absolute atomic E-state index is 0.0929. The lowest BCUT2D eigenvalue weighted by molar-refractivity contribution is -0.137. The molecule has 0 aliphatic rings. The van der Waals surface area contributed by atoms with Crippen LogP contribution in [0.1, 0.15) is 17.5 Å². The van der Waals surface area contributed by atoms with E-state index >= 15 is 0 Å². The second-order valence-corrected chi connectivity index (χ2v) is 4.37. The highest BCUT2D eigenvalue weighted by molar-refractivity contribution is 5.37. The summed E-state index contributed by atoms with van der Waals surface area (Å²) in [6.45, 7) is -0.409.